The number of anilines is 1. The van der Waals surface area contributed by atoms with E-state index < -0.39 is 0 Å². The fourth-order valence-corrected chi connectivity index (χ4v) is 3.78. The van der Waals surface area contributed by atoms with Gasteiger partial charge in [0.15, 0.2) is 0 Å². The van der Waals surface area contributed by atoms with E-state index in [0.717, 1.165) is 23.0 Å². The van der Waals surface area contributed by atoms with Crippen molar-refractivity contribution in [2.24, 2.45) is 5.92 Å². The Kier molecular flexibility index (Phi) is 5.68. The third-order valence-electron chi connectivity index (χ3n) is 4.23. The SMILES string of the molecule is CN(Cc1cnccn1)C(=O)Nc1nnc(CC2CCCCC2)s1. The number of urea groups is 1. The van der Waals surface area contributed by atoms with E-state index >= 15 is 0 Å². The van der Waals surface area contributed by atoms with Crippen LogP contribution in [0.4, 0.5) is 9.93 Å². The molecule has 2 heterocycles. The average molecular weight is 346 g/mol. The summed E-state index contributed by atoms with van der Waals surface area (Å²) in [5.41, 5.74) is 0.741. The molecule has 128 valence electrons. The highest BCUT2D eigenvalue weighted by Gasteiger charge is 2.17. The maximum atomic E-state index is 12.2. The lowest BCUT2D eigenvalue weighted by Gasteiger charge is -2.19. The summed E-state index contributed by atoms with van der Waals surface area (Å²) in [5, 5.41) is 12.7. The summed E-state index contributed by atoms with van der Waals surface area (Å²) in [6, 6.07) is -0.221. The molecule has 1 N–H and O–H groups in total. The Hall–Kier alpha value is -2.09. The molecule has 1 aliphatic rings. The minimum absolute atomic E-state index is 0.221. The first-order valence-corrected chi connectivity index (χ1v) is 9.12. The summed E-state index contributed by atoms with van der Waals surface area (Å²) in [5.74, 6) is 0.717. The van der Waals surface area contributed by atoms with Gasteiger partial charge < -0.3 is 4.90 Å². The van der Waals surface area contributed by atoms with Crippen LogP contribution in [0.1, 0.15) is 42.8 Å². The molecule has 7 nitrogen and oxygen atoms in total. The zero-order valence-corrected chi connectivity index (χ0v) is 14.6. The Balaban J connectivity index is 1.51. The Morgan fingerprint density at radius 3 is 2.88 bits per heavy atom. The van der Waals surface area contributed by atoms with E-state index in [1.165, 1.54) is 43.4 Å². The number of amides is 2. The zero-order valence-electron chi connectivity index (χ0n) is 13.8. The number of hydrogen-bond acceptors (Lipinski definition) is 6. The maximum Gasteiger partial charge on any atom is 0.323 e. The molecule has 8 heteroatoms. The number of rotatable bonds is 5. The summed E-state index contributed by atoms with van der Waals surface area (Å²) in [4.78, 5) is 21.9. The van der Waals surface area contributed by atoms with Crippen molar-refractivity contribution < 1.29 is 4.79 Å². The van der Waals surface area contributed by atoms with E-state index in [0.29, 0.717) is 11.7 Å². The monoisotopic (exact) mass is 346 g/mol. The van der Waals surface area contributed by atoms with E-state index in [1.807, 2.05) is 0 Å². The second-order valence-corrected chi connectivity index (χ2v) is 7.25. The summed E-state index contributed by atoms with van der Waals surface area (Å²) < 4.78 is 0. The summed E-state index contributed by atoms with van der Waals surface area (Å²) >= 11 is 1.47. The van der Waals surface area contributed by atoms with Crippen LogP contribution in [-0.4, -0.2) is 38.1 Å². The number of aromatic nitrogens is 4. The standard InChI is InChI=1S/C16H22N6OS/c1-22(11-13-10-17-7-8-18-13)16(23)19-15-21-20-14(24-15)9-12-5-3-2-4-6-12/h7-8,10,12H,2-6,9,11H2,1H3,(H,19,21,23). The van der Waals surface area contributed by atoms with Crippen molar-refractivity contribution in [1.29, 1.82) is 0 Å². The van der Waals surface area contributed by atoms with Gasteiger partial charge >= 0.3 is 6.03 Å². The molecule has 24 heavy (non-hydrogen) atoms. The van der Waals surface area contributed by atoms with Gasteiger partial charge in [-0.1, -0.05) is 43.4 Å². The molecule has 3 rings (SSSR count). The summed E-state index contributed by atoms with van der Waals surface area (Å²) in [7, 11) is 1.72. The quantitative estimate of drug-likeness (QED) is 0.899. The zero-order chi connectivity index (χ0) is 16.8. The molecule has 2 amide bonds. The van der Waals surface area contributed by atoms with E-state index in [-0.39, 0.29) is 6.03 Å². The van der Waals surface area contributed by atoms with Crippen molar-refractivity contribution in [2.75, 3.05) is 12.4 Å². The molecule has 0 unspecified atom stereocenters. The fourth-order valence-electron chi connectivity index (χ4n) is 2.94. The van der Waals surface area contributed by atoms with E-state index in [9.17, 15) is 4.79 Å². The van der Waals surface area contributed by atoms with Gasteiger partial charge in [0.25, 0.3) is 0 Å². The molecular weight excluding hydrogens is 324 g/mol. The van der Waals surface area contributed by atoms with Crippen LogP contribution in [0.5, 0.6) is 0 Å². The van der Waals surface area contributed by atoms with Crippen molar-refractivity contribution in [3.05, 3.63) is 29.3 Å². The van der Waals surface area contributed by atoms with Gasteiger partial charge in [-0.15, -0.1) is 10.2 Å². The average Bonchev–Trinajstić information content (AvgIpc) is 3.03. The molecular formula is C16H22N6OS. The molecule has 0 bridgehead atoms. The van der Waals surface area contributed by atoms with Crippen molar-refractivity contribution in [1.82, 2.24) is 25.1 Å². The van der Waals surface area contributed by atoms with Gasteiger partial charge in [-0.2, -0.15) is 0 Å². The third kappa shape index (κ3) is 4.70. The molecule has 1 saturated carbocycles. The van der Waals surface area contributed by atoms with Gasteiger partial charge in [-0.3, -0.25) is 15.3 Å². The van der Waals surface area contributed by atoms with E-state index in [1.54, 1.807) is 30.5 Å². The third-order valence-corrected chi connectivity index (χ3v) is 5.09. The van der Waals surface area contributed by atoms with Gasteiger partial charge in [0.1, 0.15) is 5.01 Å². The van der Waals surface area contributed by atoms with Crippen LogP contribution in [0, 0.1) is 5.92 Å². The predicted molar refractivity (Wildman–Crippen MR) is 92.7 cm³/mol. The molecule has 0 aliphatic heterocycles. The molecule has 1 aliphatic carbocycles. The molecule has 2 aromatic heterocycles. The summed E-state index contributed by atoms with van der Waals surface area (Å²) in [6.07, 6.45) is 12.4. The van der Waals surface area contributed by atoms with Gasteiger partial charge in [0.2, 0.25) is 5.13 Å². The van der Waals surface area contributed by atoms with E-state index in [4.69, 9.17) is 0 Å². The molecule has 0 spiro atoms. The first-order chi connectivity index (χ1) is 11.7. The Bertz CT molecular complexity index is 656. The van der Waals surface area contributed by atoms with Crippen molar-refractivity contribution in [3.63, 3.8) is 0 Å². The molecule has 0 atom stereocenters. The lowest BCUT2D eigenvalue weighted by Crippen LogP contribution is -2.31. The fraction of sp³-hybridized carbons (Fsp3) is 0.562. The molecule has 0 aromatic carbocycles. The van der Waals surface area contributed by atoms with E-state index in [2.05, 4.69) is 25.5 Å². The van der Waals surface area contributed by atoms with Crippen LogP contribution >= 0.6 is 11.3 Å². The maximum absolute atomic E-state index is 12.2. The minimum atomic E-state index is -0.221. The van der Waals surface area contributed by atoms with Crippen LogP contribution in [-0.2, 0) is 13.0 Å². The lowest BCUT2D eigenvalue weighted by atomic mass is 9.87. The second-order valence-electron chi connectivity index (χ2n) is 6.19. The second kappa shape index (κ2) is 8.14. The van der Waals surface area contributed by atoms with Crippen LogP contribution in [0.15, 0.2) is 18.6 Å². The normalized spacial score (nSPS) is 15.2. The van der Waals surface area contributed by atoms with Gasteiger partial charge in [0.05, 0.1) is 18.4 Å². The highest BCUT2D eigenvalue weighted by molar-refractivity contribution is 7.15. The van der Waals surface area contributed by atoms with Crippen molar-refractivity contribution >= 4 is 22.5 Å². The smallest absolute Gasteiger partial charge is 0.322 e. The van der Waals surface area contributed by atoms with Crippen molar-refractivity contribution in [3.8, 4) is 0 Å². The van der Waals surface area contributed by atoms with Crippen LogP contribution in [0.25, 0.3) is 0 Å². The predicted octanol–water partition coefficient (Wildman–Crippen LogP) is 3.11. The van der Waals surface area contributed by atoms with Gasteiger partial charge in [-0.05, 0) is 5.92 Å². The van der Waals surface area contributed by atoms with Crippen LogP contribution < -0.4 is 5.32 Å². The Morgan fingerprint density at radius 2 is 2.12 bits per heavy atom. The number of nitrogens with one attached hydrogen (secondary N) is 1. The topological polar surface area (TPSA) is 83.9 Å². The number of hydrogen-bond donors (Lipinski definition) is 1. The molecule has 0 radical (unpaired) electrons. The van der Waals surface area contributed by atoms with Crippen LogP contribution in [0.3, 0.4) is 0 Å². The molecule has 2 aromatic rings. The summed E-state index contributed by atoms with van der Waals surface area (Å²) in [6.45, 7) is 0.396. The molecule has 0 saturated heterocycles. The number of nitrogens with zero attached hydrogens (tertiary/aromatic N) is 5. The van der Waals surface area contributed by atoms with Gasteiger partial charge in [0, 0.05) is 25.9 Å². The highest BCUT2D eigenvalue weighted by atomic mass is 32.1. The number of carbonyl (C=O) groups is 1. The lowest BCUT2D eigenvalue weighted by molar-refractivity contribution is 0.220. The first-order valence-electron chi connectivity index (χ1n) is 8.30. The molecule has 1 fully saturated rings. The highest BCUT2D eigenvalue weighted by Crippen LogP contribution is 2.28. The minimum Gasteiger partial charge on any atom is -0.322 e. The van der Waals surface area contributed by atoms with Crippen LogP contribution in [0.2, 0.25) is 0 Å². The Labute approximate surface area is 145 Å². The first kappa shape index (κ1) is 16.8. The van der Waals surface area contributed by atoms with Gasteiger partial charge in [-0.25, -0.2) is 4.79 Å². The largest absolute Gasteiger partial charge is 0.323 e. The van der Waals surface area contributed by atoms with Crippen molar-refractivity contribution in [2.45, 2.75) is 45.1 Å². The Morgan fingerprint density at radius 1 is 1.29 bits per heavy atom. The number of carbonyl (C=O) groups excluding carboxylic acids is 1.